The molecule has 1 aliphatic carbocycles. The summed E-state index contributed by atoms with van der Waals surface area (Å²) < 4.78 is 44.2. The smallest absolute Gasteiger partial charge is 0.416 e. The van der Waals surface area contributed by atoms with E-state index in [4.69, 9.17) is 4.42 Å². The highest BCUT2D eigenvalue weighted by molar-refractivity contribution is 5.95. The highest BCUT2D eigenvalue weighted by Crippen LogP contribution is 2.38. The number of hydrogen-bond acceptors (Lipinski definition) is 3. The third-order valence-electron chi connectivity index (χ3n) is 4.80. The number of benzene rings is 1. The van der Waals surface area contributed by atoms with Crippen molar-refractivity contribution in [2.45, 2.75) is 38.4 Å². The predicted molar refractivity (Wildman–Crippen MR) is 96.8 cm³/mol. The molecule has 1 N–H and O–H groups in total. The second-order valence-electron chi connectivity index (χ2n) is 6.87. The van der Waals surface area contributed by atoms with Crippen LogP contribution in [-0.2, 0) is 11.0 Å². The summed E-state index contributed by atoms with van der Waals surface area (Å²) in [4.78, 5) is 26.1. The average Bonchev–Trinajstić information content (AvgIpc) is 3.35. The van der Waals surface area contributed by atoms with Gasteiger partial charge in [-0.2, -0.15) is 13.2 Å². The summed E-state index contributed by atoms with van der Waals surface area (Å²) in [7, 11) is 0. The highest BCUT2D eigenvalue weighted by atomic mass is 19.4. The number of nitrogens with zero attached hydrogens (tertiary/aromatic N) is 1. The van der Waals surface area contributed by atoms with Crippen LogP contribution in [0.25, 0.3) is 0 Å². The maximum atomic E-state index is 13.1. The standard InChI is InChI=1S/C20H21F3N2O3/c1-13(14-7-8-14)25(16-5-2-4-15(12-16)20(21,22)23)18(26)9-10-24-19(27)17-6-3-11-28-17/h2-6,11-14H,7-10H2,1H3,(H,24,27). The lowest BCUT2D eigenvalue weighted by atomic mass is 10.1. The Labute approximate surface area is 160 Å². The van der Waals surface area contributed by atoms with Gasteiger partial charge in [-0.25, -0.2) is 0 Å². The Kier molecular flexibility index (Phi) is 5.76. The van der Waals surface area contributed by atoms with Crippen molar-refractivity contribution in [3.63, 3.8) is 0 Å². The molecule has 28 heavy (non-hydrogen) atoms. The van der Waals surface area contributed by atoms with Gasteiger partial charge in [-0.3, -0.25) is 9.59 Å². The first kappa shape index (κ1) is 20.0. The van der Waals surface area contributed by atoms with E-state index >= 15 is 0 Å². The van der Waals surface area contributed by atoms with E-state index in [0.717, 1.165) is 25.0 Å². The minimum atomic E-state index is -4.48. The molecule has 1 aliphatic rings. The third-order valence-corrected chi connectivity index (χ3v) is 4.80. The number of alkyl halides is 3. The fraction of sp³-hybridized carbons (Fsp3) is 0.400. The van der Waals surface area contributed by atoms with Crippen LogP contribution in [0.5, 0.6) is 0 Å². The van der Waals surface area contributed by atoms with Crippen molar-refractivity contribution < 1.29 is 27.2 Å². The van der Waals surface area contributed by atoms with Gasteiger partial charge in [0.1, 0.15) is 0 Å². The van der Waals surface area contributed by atoms with E-state index in [0.29, 0.717) is 0 Å². The van der Waals surface area contributed by atoms with Crippen molar-refractivity contribution in [3.8, 4) is 0 Å². The van der Waals surface area contributed by atoms with E-state index in [1.54, 1.807) is 6.07 Å². The van der Waals surface area contributed by atoms with Gasteiger partial charge in [0.2, 0.25) is 5.91 Å². The topological polar surface area (TPSA) is 62.6 Å². The van der Waals surface area contributed by atoms with Gasteiger partial charge < -0.3 is 14.6 Å². The van der Waals surface area contributed by atoms with Crippen LogP contribution < -0.4 is 10.2 Å². The van der Waals surface area contributed by atoms with Crippen LogP contribution in [0.3, 0.4) is 0 Å². The Morgan fingerprint density at radius 1 is 1.25 bits per heavy atom. The van der Waals surface area contributed by atoms with Crippen LogP contribution >= 0.6 is 0 Å². The van der Waals surface area contributed by atoms with Crippen molar-refractivity contribution in [2.24, 2.45) is 5.92 Å². The molecule has 150 valence electrons. The van der Waals surface area contributed by atoms with Gasteiger partial charge in [0.05, 0.1) is 11.8 Å². The number of amides is 2. The molecular weight excluding hydrogens is 373 g/mol. The molecule has 1 saturated carbocycles. The first-order valence-electron chi connectivity index (χ1n) is 9.08. The van der Waals surface area contributed by atoms with Crippen LogP contribution in [0.2, 0.25) is 0 Å². The summed E-state index contributed by atoms with van der Waals surface area (Å²) in [6, 6.07) is 7.66. The number of furan rings is 1. The molecule has 8 heteroatoms. The Morgan fingerprint density at radius 2 is 2.00 bits per heavy atom. The lowest BCUT2D eigenvalue weighted by Crippen LogP contribution is -2.41. The number of nitrogens with one attached hydrogen (secondary N) is 1. The number of rotatable bonds is 7. The van der Waals surface area contributed by atoms with Crippen molar-refractivity contribution in [1.82, 2.24) is 5.32 Å². The molecule has 1 atom stereocenters. The molecule has 1 unspecified atom stereocenters. The molecule has 5 nitrogen and oxygen atoms in total. The number of carbonyl (C=O) groups excluding carboxylic acids is 2. The second-order valence-corrected chi connectivity index (χ2v) is 6.87. The summed E-state index contributed by atoms with van der Waals surface area (Å²) in [6.07, 6.45) is -1.25. The van der Waals surface area contributed by atoms with E-state index in [-0.39, 0.29) is 42.3 Å². The van der Waals surface area contributed by atoms with Crippen molar-refractivity contribution in [2.75, 3.05) is 11.4 Å². The normalized spacial score (nSPS) is 15.1. The Bertz CT molecular complexity index is 829. The van der Waals surface area contributed by atoms with E-state index in [1.807, 2.05) is 6.92 Å². The summed E-state index contributed by atoms with van der Waals surface area (Å²) in [5.74, 6) is -0.373. The quantitative estimate of drug-likeness (QED) is 0.764. The van der Waals surface area contributed by atoms with E-state index in [1.165, 1.54) is 29.4 Å². The van der Waals surface area contributed by atoms with Crippen LogP contribution in [-0.4, -0.2) is 24.4 Å². The molecule has 0 radical (unpaired) electrons. The molecular formula is C20H21F3N2O3. The van der Waals surface area contributed by atoms with Crippen LogP contribution in [0.1, 0.15) is 42.3 Å². The second kappa shape index (κ2) is 8.08. The first-order valence-corrected chi connectivity index (χ1v) is 9.08. The van der Waals surface area contributed by atoms with E-state index in [9.17, 15) is 22.8 Å². The van der Waals surface area contributed by atoms with Crippen molar-refractivity contribution >= 4 is 17.5 Å². The Morgan fingerprint density at radius 3 is 2.61 bits per heavy atom. The average molecular weight is 394 g/mol. The third kappa shape index (κ3) is 4.74. The van der Waals surface area contributed by atoms with E-state index in [2.05, 4.69) is 5.32 Å². The Balaban J connectivity index is 1.71. The number of halogens is 3. The van der Waals surface area contributed by atoms with Gasteiger partial charge >= 0.3 is 6.18 Å². The number of hydrogen-bond donors (Lipinski definition) is 1. The summed E-state index contributed by atoms with van der Waals surface area (Å²) in [5.41, 5.74) is -0.575. The molecule has 1 aromatic heterocycles. The zero-order chi connectivity index (χ0) is 20.3. The SMILES string of the molecule is CC(C1CC1)N(C(=O)CCNC(=O)c1ccco1)c1cccc(C(F)(F)F)c1. The van der Waals surface area contributed by atoms with Gasteiger partial charge in [-0.15, -0.1) is 0 Å². The minimum Gasteiger partial charge on any atom is -0.459 e. The summed E-state index contributed by atoms with van der Waals surface area (Å²) in [5, 5.41) is 2.58. The molecule has 1 heterocycles. The van der Waals surface area contributed by atoms with E-state index < -0.39 is 17.6 Å². The maximum Gasteiger partial charge on any atom is 0.416 e. The fourth-order valence-corrected chi connectivity index (χ4v) is 3.13. The zero-order valence-corrected chi connectivity index (χ0v) is 15.3. The zero-order valence-electron chi connectivity index (χ0n) is 15.3. The largest absolute Gasteiger partial charge is 0.459 e. The predicted octanol–water partition coefficient (Wildman–Crippen LogP) is 4.25. The van der Waals surface area contributed by atoms with Crippen LogP contribution in [0, 0.1) is 5.92 Å². The molecule has 2 amide bonds. The van der Waals surface area contributed by atoms with Gasteiger partial charge in [-0.05, 0) is 56.0 Å². The molecule has 0 spiro atoms. The van der Waals surface area contributed by atoms with Gasteiger partial charge in [0, 0.05) is 24.7 Å². The molecule has 0 aliphatic heterocycles. The highest BCUT2D eigenvalue weighted by Gasteiger charge is 2.36. The lowest BCUT2D eigenvalue weighted by molar-refractivity contribution is -0.137. The van der Waals surface area contributed by atoms with Gasteiger partial charge in [0.25, 0.3) is 5.91 Å². The van der Waals surface area contributed by atoms with Gasteiger partial charge in [0.15, 0.2) is 5.76 Å². The number of anilines is 1. The van der Waals surface area contributed by atoms with Crippen molar-refractivity contribution in [1.29, 1.82) is 0 Å². The monoisotopic (exact) mass is 394 g/mol. The molecule has 2 aromatic rings. The fourth-order valence-electron chi connectivity index (χ4n) is 3.13. The molecule has 0 bridgehead atoms. The summed E-state index contributed by atoms with van der Waals surface area (Å²) >= 11 is 0. The Hall–Kier alpha value is -2.77. The first-order chi connectivity index (χ1) is 13.3. The summed E-state index contributed by atoms with van der Waals surface area (Å²) in [6.45, 7) is 1.91. The van der Waals surface area contributed by atoms with Gasteiger partial charge in [-0.1, -0.05) is 6.07 Å². The van der Waals surface area contributed by atoms with Crippen molar-refractivity contribution in [3.05, 3.63) is 54.0 Å². The maximum absolute atomic E-state index is 13.1. The minimum absolute atomic E-state index is 0.0280. The molecule has 1 fully saturated rings. The van der Waals surface area contributed by atoms with Crippen LogP contribution in [0.15, 0.2) is 47.1 Å². The van der Waals surface area contributed by atoms with Crippen LogP contribution in [0.4, 0.5) is 18.9 Å². The lowest BCUT2D eigenvalue weighted by Gasteiger charge is -2.30. The molecule has 1 aromatic carbocycles. The number of carbonyl (C=O) groups is 2. The molecule has 0 saturated heterocycles. The molecule has 3 rings (SSSR count).